The van der Waals surface area contributed by atoms with E-state index in [1.54, 1.807) is 29.1 Å². The summed E-state index contributed by atoms with van der Waals surface area (Å²) in [4.78, 5) is 10.6. The lowest BCUT2D eigenvalue weighted by Gasteiger charge is -2.10. The van der Waals surface area contributed by atoms with Gasteiger partial charge >= 0.3 is 0 Å². The zero-order valence-corrected chi connectivity index (χ0v) is 12.7. The SMILES string of the molecule is O=C([O-])c1cc[n+](CC(O)COc2ccc(Br)cc2)cc1. The first-order valence-electron chi connectivity index (χ1n) is 6.31. The second-order valence-electron chi connectivity index (χ2n) is 4.49. The lowest BCUT2D eigenvalue weighted by atomic mass is 10.2. The molecule has 2 rings (SSSR count). The molecule has 0 saturated carbocycles. The molecule has 1 aromatic heterocycles. The van der Waals surface area contributed by atoms with Gasteiger partial charge in [-0.1, -0.05) is 15.9 Å². The van der Waals surface area contributed by atoms with Crippen molar-refractivity contribution in [2.24, 2.45) is 0 Å². The average molecular weight is 352 g/mol. The van der Waals surface area contributed by atoms with Crippen LogP contribution >= 0.6 is 15.9 Å². The molecular weight excluding hydrogens is 338 g/mol. The normalized spacial score (nSPS) is 11.9. The minimum atomic E-state index is -1.22. The maximum atomic E-state index is 10.6. The number of pyridine rings is 1. The molecule has 1 heterocycles. The molecule has 0 saturated heterocycles. The van der Waals surface area contributed by atoms with E-state index in [0.717, 1.165) is 4.47 Å². The number of aromatic nitrogens is 1. The number of carbonyl (C=O) groups excluding carboxylic acids is 1. The van der Waals surface area contributed by atoms with Gasteiger partial charge in [0.05, 0.1) is 5.97 Å². The van der Waals surface area contributed by atoms with E-state index >= 15 is 0 Å². The number of benzene rings is 1. The summed E-state index contributed by atoms with van der Waals surface area (Å²) in [5, 5.41) is 20.5. The van der Waals surface area contributed by atoms with Crippen LogP contribution < -0.4 is 14.4 Å². The fraction of sp³-hybridized carbons (Fsp3) is 0.200. The molecule has 1 aromatic carbocycles. The standard InChI is InChI=1S/C15H14BrNO4/c16-12-1-3-14(4-2-12)21-10-13(18)9-17-7-5-11(6-8-17)15(19)20/h1-8,13,18H,9-10H2. The van der Waals surface area contributed by atoms with Crippen molar-refractivity contribution in [2.45, 2.75) is 12.6 Å². The Morgan fingerprint density at radius 2 is 1.86 bits per heavy atom. The highest BCUT2D eigenvalue weighted by molar-refractivity contribution is 9.10. The van der Waals surface area contributed by atoms with Crippen molar-refractivity contribution < 1.29 is 24.3 Å². The topological polar surface area (TPSA) is 73.5 Å². The number of hydrogen-bond acceptors (Lipinski definition) is 4. The molecule has 21 heavy (non-hydrogen) atoms. The number of hydrogen-bond donors (Lipinski definition) is 1. The summed E-state index contributed by atoms with van der Waals surface area (Å²) < 4.78 is 8.11. The summed E-state index contributed by atoms with van der Waals surface area (Å²) in [6, 6.07) is 10.2. The summed E-state index contributed by atoms with van der Waals surface area (Å²) in [5.41, 5.74) is 0.104. The smallest absolute Gasteiger partial charge is 0.177 e. The number of carboxylic acids is 1. The third-order valence-electron chi connectivity index (χ3n) is 2.80. The first-order valence-corrected chi connectivity index (χ1v) is 7.11. The third kappa shape index (κ3) is 4.84. The van der Waals surface area contributed by atoms with Crippen molar-refractivity contribution in [3.05, 3.63) is 58.8 Å². The van der Waals surface area contributed by atoms with Crippen LogP contribution in [-0.4, -0.2) is 23.8 Å². The van der Waals surface area contributed by atoms with Crippen molar-refractivity contribution in [3.8, 4) is 5.75 Å². The van der Waals surface area contributed by atoms with Crippen LogP contribution in [0.5, 0.6) is 5.75 Å². The number of halogens is 1. The third-order valence-corrected chi connectivity index (χ3v) is 3.33. The summed E-state index contributed by atoms with van der Waals surface area (Å²) in [6.07, 6.45) is 2.45. The highest BCUT2D eigenvalue weighted by Crippen LogP contribution is 2.16. The van der Waals surface area contributed by atoms with E-state index in [-0.39, 0.29) is 12.2 Å². The summed E-state index contributed by atoms with van der Waals surface area (Å²) in [7, 11) is 0. The Labute approximate surface area is 130 Å². The quantitative estimate of drug-likeness (QED) is 0.771. The predicted octanol–water partition coefficient (Wildman–Crippen LogP) is 0.540. The Kier molecular flexibility index (Phi) is 5.30. The van der Waals surface area contributed by atoms with Gasteiger partial charge in [-0.15, -0.1) is 0 Å². The molecular formula is C15H14BrNO4. The Morgan fingerprint density at radius 3 is 2.43 bits per heavy atom. The summed E-state index contributed by atoms with van der Waals surface area (Å²) in [5.74, 6) is -0.546. The monoisotopic (exact) mass is 351 g/mol. The Balaban J connectivity index is 1.85. The lowest BCUT2D eigenvalue weighted by molar-refractivity contribution is -0.703. The zero-order valence-electron chi connectivity index (χ0n) is 11.1. The van der Waals surface area contributed by atoms with E-state index in [1.807, 2.05) is 12.1 Å². The second-order valence-corrected chi connectivity index (χ2v) is 5.41. The van der Waals surface area contributed by atoms with Crippen molar-refractivity contribution in [1.29, 1.82) is 0 Å². The van der Waals surface area contributed by atoms with Gasteiger partial charge in [-0.25, -0.2) is 4.57 Å². The molecule has 0 bridgehead atoms. The largest absolute Gasteiger partial charge is 0.545 e. The number of carbonyl (C=O) groups is 1. The molecule has 2 aromatic rings. The van der Waals surface area contributed by atoms with Crippen molar-refractivity contribution in [1.82, 2.24) is 0 Å². The van der Waals surface area contributed by atoms with Gasteiger partial charge in [0, 0.05) is 22.2 Å². The predicted molar refractivity (Wildman–Crippen MR) is 76.6 cm³/mol. The van der Waals surface area contributed by atoms with Crippen LogP contribution in [0.15, 0.2) is 53.3 Å². The van der Waals surface area contributed by atoms with E-state index in [2.05, 4.69) is 15.9 Å². The lowest BCUT2D eigenvalue weighted by Crippen LogP contribution is -2.41. The van der Waals surface area contributed by atoms with Gasteiger partial charge in [-0.3, -0.25) is 0 Å². The molecule has 110 valence electrons. The highest BCUT2D eigenvalue weighted by Gasteiger charge is 2.12. The van der Waals surface area contributed by atoms with Crippen LogP contribution in [0.4, 0.5) is 0 Å². The molecule has 0 amide bonds. The maximum absolute atomic E-state index is 10.6. The molecule has 0 spiro atoms. The average Bonchev–Trinajstić information content (AvgIpc) is 2.47. The fourth-order valence-electron chi connectivity index (χ4n) is 1.73. The Bertz CT molecular complexity index is 598. The molecule has 0 radical (unpaired) electrons. The second kappa shape index (κ2) is 7.19. The van der Waals surface area contributed by atoms with E-state index in [1.165, 1.54) is 12.1 Å². The Morgan fingerprint density at radius 1 is 1.24 bits per heavy atom. The molecule has 5 nitrogen and oxygen atoms in total. The van der Waals surface area contributed by atoms with Gasteiger partial charge in [-0.05, 0) is 24.3 Å². The Hall–Kier alpha value is -1.92. The van der Waals surface area contributed by atoms with E-state index < -0.39 is 12.1 Å². The van der Waals surface area contributed by atoms with Crippen LogP contribution in [0.3, 0.4) is 0 Å². The molecule has 1 N–H and O–H groups in total. The van der Waals surface area contributed by atoms with Crippen molar-refractivity contribution in [3.63, 3.8) is 0 Å². The number of ether oxygens (including phenoxy) is 1. The van der Waals surface area contributed by atoms with Crippen LogP contribution in [0.1, 0.15) is 10.4 Å². The van der Waals surface area contributed by atoms with Gasteiger partial charge < -0.3 is 19.7 Å². The van der Waals surface area contributed by atoms with Crippen LogP contribution in [0.25, 0.3) is 0 Å². The van der Waals surface area contributed by atoms with E-state index in [9.17, 15) is 15.0 Å². The van der Waals surface area contributed by atoms with Gasteiger partial charge in [0.2, 0.25) is 0 Å². The number of nitrogens with zero attached hydrogens (tertiary/aromatic N) is 1. The molecule has 1 unspecified atom stereocenters. The number of aliphatic hydroxyl groups is 1. The number of carboxylic acid groups (broad SMARTS) is 1. The van der Waals surface area contributed by atoms with Gasteiger partial charge in [0.25, 0.3) is 0 Å². The van der Waals surface area contributed by atoms with Crippen molar-refractivity contribution >= 4 is 21.9 Å². The minimum Gasteiger partial charge on any atom is -0.545 e. The number of aliphatic hydroxyl groups excluding tert-OH is 1. The number of rotatable bonds is 6. The number of aromatic carboxylic acids is 1. The zero-order chi connectivity index (χ0) is 15.2. The first-order chi connectivity index (χ1) is 10.0. The van der Waals surface area contributed by atoms with E-state index in [0.29, 0.717) is 12.3 Å². The molecule has 0 aliphatic heterocycles. The first kappa shape index (κ1) is 15.5. The minimum absolute atomic E-state index is 0.104. The van der Waals surface area contributed by atoms with Crippen molar-refractivity contribution in [2.75, 3.05) is 6.61 Å². The van der Waals surface area contributed by atoms with E-state index in [4.69, 9.17) is 4.74 Å². The van der Waals surface area contributed by atoms with Crippen LogP contribution in [-0.2, 0) is 6.54 Å². The van der Waals surface area contributed by atoms with Gasteiger partial charge in [0.15, 0.2) is 18.9 Å². The summed E-state index contributed by atoms with van der Waals surface area (Å²) >= 11 is 3.33. The summed E-state index contributed by atoms with van der Waals surface area (Å²) in [6.45, 7) is 0.459. The molecule has 6 heteroatoms. The highest BCUT2D eigenvalue weighted by atomic mass is 79.9. The van der Waals surface area contributed by atoms with Crippen LogP contribution in [0, 0.1) is 0 Å². The molecule has 0 fully saturated rings. The maximum Gasteiger partial charge on any atom is 0.177 e. The van der Waals surface area contributed by atoms with Gasteiger partial charge in [-0.2, -0.15) is 0 Å². The molecule has 0 aliphatic rings. The van der Waals surface area contributed by atoms with Crippen LogP contribution in [0.2, 0.25) is 0 Å². The van der Waals surface area contributed by atoms with Gasteiger partial charge in [0.1, 0.15) is 18.5 Å². The molecule has 1 atom stereocenters. The fourth-order valence-corrected chi connectivity index (χ4v) is 2.00. The molecule has 0 aliphatic carbocycles.